The molecule has 0 saturated carbocycles. The van der Waals surface area contributed by atoms with Gasteiger partial charge in [-0.05, 0) is 65.9 Å². The van der Waals surface area contributed by atoms with E-state index < -0.39 is 0 Å². The molecule has 0 aliphatic carbocycles. The largest absolute Gasteiger partial charge is 0.504 e. The molecule has 2 aromatic heterocycles. The van der Waals surface area contributed by atoms with Gasteiger partial charge in [0.2, 0.25) is 0 Å². The summed E-state index contributed by atoms with van der Waals surface area (Å²) in [6.45, 7) is 2.31. The number of hydrogen-bond donors (Lipinski definition) is 5. The number of aromatic nitrogens is 2. The molecule has 57 heavy (non-hydrogen) atoms. The van der Waals surface area contributed by atoms with E-state index in [4.69, 9.17) is 14.2 Å². The van der Waals surface area contributed by atoms with Crippen LogP contribution in [-0.2, 0) is 19.4 Å². The lowest BCUT2D eigenvalue weighted by Gasteiger charge is -2.16. The van der Waals surface area contributed by atoms with Crippen molar-refractivity contribution >= 4 is 55.9 Å². The smallest absolute Gasteiger partial charge is 0.163 e. The van der Waals surface area contributed by atoms with Crippen LogP contribution < -0.4 is 35.5 Å². The Morgan fingerprint density at radius 2 is 1.21 bits per heavy atom. The minimum atomic E-state index is 0.0138. The molecule has 12 heteroatoms. The second-order valence-corrected chi connectivity index (χ2v) is 13.5. The van der Waals surface area contributed by atoms with Crippen LogP contribution in [0.4, 0.5) is 34.1 Å². The van der Waals surface area contributed by atoms with Gasteiger partial charge in [-0.3, -0.25) is 9.97 Å². The number of pyridine rings is 2. The molecule has 12 nitrogen and oxygen atoms in total. The highest BCUT2D eigenvalue weighted by molar-refractivity contribution is 5.99. The summed E-state index contributed by atoms with van der Waals surface area (Å²) in [4.78, 5) is 8.75. The van der Waals surface area contributed by atoms with E-state index >= 15 is 0 Å². The highest BCUT2D eigenvalue weighted by atomic mass is 16.5. The zero-order valence-electron chi connectivity index (χ0n) is 31.3. The maximum absolute atomic E-state index is 9.96. The number of rotatable bonds is 9. The van der Waals surface area contributed by atoms with Gasteiger partial charge in [-0.1, -0.05) is 42.5 Å². The average Bonchev–Trinajstić information content (AvgIpc) is 3.93. The van der Waals surface area contributed by atoms with Crippen molar-refractivity contribution in [2.75, 3.05) is 48.6 Å². The van der Waals surface area contributed by atoms with Gasteiger partial charge in [0.25, 0.3) is 0 Å². The summed E-state index contributed by atoms with van der Waals surface area (Å²) in [5.41, 5.74) is 11.2. The Morgan fingerprint density at radius 3 is 1.75 bits per heavy atom. The number of benzene rings is 5. The molecule has 2 aliphatic heterocycles. The van der Waals surface area contributed by atoms with E-state index in [1.54, 1.807) is 19.4 Å². The topological polar surface area (TPSA) is 169 Å². The first-order chi connectivity index (χ1) is 27.9. The minimum absolute atomic E-state index is 0.0138. The number of nitrogens with zero attached hydrogens (tertiary/aromatic N) is 4. The Bertz CT molecular complexity index is 2730. The Balaban J connectivity index is 0.000000165. The molecule has 0 unspecified atom stereocenters. The van der Waals surface area contributed by atoms with Gasteiger partial charge in [-0.2, -0.15) is 10.5 Å². The number of hydrogen-bond acceptors (Lipinski definition) is 12. The van der Waals surface area contributed by atoms with Crippen LogP contribution >= 0.6 is 0 Å². The number of methoxy groups -OCH3 is 2. The molecule has 0 saturated heterocycles. The lowest BCUT2D eigenvalue weighted by Crippen LogP contribution is -2.01. The number of nitrogens with one attached hydrogen (secondary N) is 4. The van der Waals surface area contributed by atoms with Gasteiger partial charge in [0.15, 0.2) is 23.0 Å². The zero-order chi connectivity index (χ0) is 39.3. The average molecular weight is 755 g/mol. The first-order valence-electron chi connectivity index (χ1n) is 18.4. The Labute approximate surface area is 329 Å². The molecule has 0 amide bonds. The monoisotopic (exact) mass is 754 g/mol. The molecule has 0 radical (unpaired) electrons. The quantitative estimate of drug-likeness (QED) is 0.0950. The molecule has 9 rings (SSSR count). The third-order valence-electron chi connectivity index (χ3n) is 9.98. The molecule has 0 spiro atoms. The molecule has 282 valence electrons. The van der Waals surface area contributed by atoms with Crippen LogP contribution in [0.1, 0.15) is 27.8 Å². The number of phenols is 1. The summed E-state index contributed by atoms with van der Waals surface area (Å²) in [7, 11) is 3.10. The van der Waals surface area contributed by atoms with Gasteiger partial charge in [0, 0.05) is 71.1 Å². The van der Waals surface area contributed by atoms with Crippen LogP contribution in [-0.4, -0.2) is 42.4 Å². The predicted octanol–water partition coefficient (Wildman–Crippen LogP) is 8.94. The van der Waals surface area contributed by atoms with E-state index in [-0.39, 0.29) is 5.75 Å². The fourth-order valence-electron chi connectivity index (χ4n) is 7.04. The molecular weight excluding hydrogens is 717 g/mol. The standard InChI is InChI=1S/C26H22N4O2.C19H16N4O2/c1-31-24-12-21-23(13-25(24)32-16-17-5-3-2-4-6-17)29-15-19(14-27)26(21)30-20-8-7-18-9-10-28-22(18)11-20;1-25-18-7-14-16(8-17(18)24)22-10-12(9-20)19(14)23-13-3-2-11-4-5-21-15(11)6-13/h2-8,11-13,15,28H,9-10,16H2,1H3,(H,29,30);2-3,6-8,10,21,24H,4-5H2,1H3,(H,22,23). The number of fused-ring (bicyclic) bond motifs is 4. The van der Waals surface area contributed by atoms with E-state index in [0.717, 1.165) is 65.1 Å². The fourth-order valence-corrected chi connectivity index (χ4v) is 7.04. The van der Waals surface area contributed by atoms with Crippen LogP contribution in [0.3, 0.4) is 0 Å². The first kappa shape index (κ1) is 36.3. The molecule has 0 bridgehead atoms. The molecule has 4 heterocycles. The van der Waals surface area contributed by atoms with E-state index in [0.29, 0.717) is 57.3 Å². The van der Waals surface area contributed by atoms with Crippen LogP contribution in [0, 0.1) is 22.7 Å². The molecule has 0 atom stereocenters. The molecule has 5 aromatic carbocycles. The fraction of sp³-hybridized carbons (Fsp3) is 0.156. The van der Waals surface area contributed by atoms with Gasteiger partial charge in [-0.25, -0.2) is 0 Å². The van der Waals surface area contributed by atoms with Gasteiger partial charge in [0.05, 0.1) is 47.8 Å². The number of anilines is 6. The number of aromatic hydroxyl groups is 1. The summed E-state index contributed by atoms with van der Waals surface area (Å²) in [5, 5.41) is 44.1. The van der Waals surface area contributed by atoms with Crippen LogP contribution in [0.5, 0.6) is 23.0 Å². The maximum atomic E-state index is 9.96. The highest BCUT2D eigenvalue weighted by Gasteiger charge is 2.18. The molecule has 0 fully saturated rings. The van der Waals surface area contributed by atoms with Crippen molar-refractivity contribution in [2.24, 2.45) is 0 Å². The summed E-state index contributed by atoms with van der Waals surface area (Å²) < 4.78 is 16.8. The predicted molar refractivity (Wildman–Crippen MR) is 222 cm³/mol. The Morgan fingerprint density at radius 1 is 0.667 bits per heavy atom. The van der Waals surface area contributed by atoms with Crippen molar-refractivity contribution in [3.8, 4) is 35.1 Å². The summed E-state index contributed by atoms with van der Waals surface area (Å²) in [5.74, 6) is 1.54. The molecule has 7 aromatic rings. The maximum Gasteiger partial charge on any atom is 0.163 e. The third kappa shape index (κ3) is 7.53. The summed E-state index contributed by atoms with van der Waals surface area (Å²) >= 11 is 0. The molecule has 5 N–H and O–H groups in total. The van der Waals surface area contributed by atoms with E-state index in [2.05, 4.69) is 61.6 Å². The Kier molecular flexibility index (Phi) is 10.2. The van der Waals surface area contributed by atoms with Crippen LogP contribution in [0.2, 0.25) is 0 Å². The van der Waals surface area contributed by atoms with Crippen LogP contribution in [0.25, 0.3) is 21.8 Å². The van der Waals surface area contributed by atoms with Gasteiger partial charge >= 0.3 is 0 Å². The first-order valence-corrected chi connectivity index (χ1v) is 18.4. The molecule has 2 aliphatic rings. The molecular formula is C45H38N8O4. The van der Waals surface area contributed by atoms with Crippen molar-refractivity contribution in [3.05, 3.63) is 131 Å². The lowest BCUT2D eigenvalue weighted by molar-refractivity contribution is 0.285. The van der Waals surface area contributed by atoms with Crippen molar-refractivity contribution < 1.29 is 19.3 Å². The highest BCUT2D eigenvalue weighted by Crippen LogP contribution is 2.39. The Hall–Kier alpha value is -7.70. The van der Waals surface area contributed by atoms with Gasteiger partial charge in [-0.15, -0.1) is 0 Å². The lowest BCUT2D eigenvalue weighted by atomic mass is 10.1. The second-order valence-electron chi connectivity index (χ2n) is 13.5. The second kappa shape index (κ2) is 16.0. The van der Waals surface area contributed by atoms with Gasteiger partial charge < -0.3 is 40.6 Å². The summed E-state index contributed by atoms with van der Waals surface area (Å²) in [6, 6.07) is 33.7. The third-order valence-corrected chi connectivity index (χ3v) is 9.98. The van der Waals surface area contributed by atoms with Crippen molar-refractivity contribution in [1.82, 2.24) is 9.97 Å². The minimum Gasteiger partial charge on any atom is -0.504 e. The SMILES string of the molecule is COc1cc2c(Nc3ccc4c(c3)NCC4)c(C#N)cnc2cc1O.COc1cc2c(Nc3ccc4c(c3)NCC4)c(C#N)cnc2cc1OCc1ccccc1. The number of ether oxygens (including phenoxy) is 3. The van der Waals surface area contributed by atoms with Crippen molar-refractivity contribution in [1.29, 1.82) is 10.5 Å². The number of phenolic OH excluding ortho intramolecular Hbond substituents is 1. The van der Waals surface area contributed by atoms with E-state index in [1.807, 2.05) is 60.7 Å². The van der Waals surface area contributed by atoms with Crippen LogP contribution in [0.15, 0.2) is 103 Å². The van der Waals surface area contributed by atoms with E-state index in [9.17, 15) is 15.6 Å². The van der Waals surface area contributed by atoms with E-state index in [1.165, 1.54) is 30.5 Å². The van der Waals surface area contributed by atoms with Crippen molar-refractivity contribution in [2.45, 2.75) is 19.4 Å². The van der Waals surface area contributed by atoms with Gasteiger partial charge in [0.1, 0.15) is 18.7 Å². The number of nitriles is 2. The normalized spacial score (nSPS) is 12.1. The summed E-state index contributed by atoms with van der Waals surface area (Å²) in [6.07, 6.45) is 5.14. The zero-order valence-corrected chi connectivity index (χ0v) is 31.3. The van der Waals surface area contributed by atoms with Crippen molar-refractivity contribution in [3.63, 3.8) is 0 Å².